The summed E-state index contributed by atoms with van der Waals surface area (Å²) < 4.78 is 5.92. The van der Waals surface area contributed by atoms with E-state index < -0.39 is 23.1 Å². The summed E-state index contributed by atoms with van der Waals surface area (Å²) in [7, 11) is 0. The molecule has 4 rings (SSSR count). The first-order valence-electron chi connectivity index (χ1n) is 13.0. The van der Waals surface area contributed by atoms with Gasteiger partial charge in [0.1, 0.15) is 11.5 Å². The summed E-state index contributed by atoms with van der Waals surface area (Å²) >= 11 is 0. The largest absolute Gasteiger partial charge is 0.457 e. The molecule has 1 aliphatic heterocycles. The number of carbonyl (C=O) groups is 2. The summed E-state index contributed by atoms with van der Waals surface area (Å²) in [4.78, 5) is 26.5. The second kappa shape index (κ2) is 10.3. The predicted octanol–water partition coefficient (Wildman–Crippen LogP) is 3.74. The second-order valence-electron chi connectivity index (χ2n) is 11.2. The molecule has 1 spiro atoms. The van der Waals surface area contributed by atoms with Crippen molar-refractivity contribution in [3.63, 3.8) is 0 Å². The van der Waals surface area contributed by atoms with Gasteiger partial charge in [-0.2, -0.15) is 0 Å². The number of allylic oxidation sites excluding steroid dienone is 3. The van der Waals surface area contributed by atoms with E-state index in [0.717, 1.165) is 17.6 Å². The van der Waals surface area contributed by atoms with Crippen LogP contribution in [-0.2, 0) is 20.7 Å². The molecule has 3 N–H and O–H groups in total. The zero-order valence-corrected chi connectivity index (χ0v) is 21.7. The third kappa shape index (κ3) is 4.94. The molecule has 1 heterocycles. The summed E-state index contributed by atoms with van der Waals surface area (Å²) in [6, 6.07) is 9.81. The maximum atomic E-state index is 14.1. The topological polar surface area (TPSA) is 95.9 Å². The van der Waals surface area contributed by atoms with Gasteiger partial charge in [0.15, 0.2) is 0 Å². The first-order valence-corrected chi connectivity index (χ1v) is 13.0. The van der Waals surface area contributed by atoms with Crippen LogP contribution in [0.5, 0.6) is 0 Å². The van der Waals surface area contributed by atoms with Crippen LogP contribution in [0.1, 0.15) is 46.1 Å². The quantitative estimate of drug-likeness (QED) is 0.439. The van der Waals surface area contributed by atoms with Crippen molar-refractivity contribution in [2.75, 3.05) is 6.61 Å². The van der Waals surface area contributed by atoms with Gasteiger partial charge in [-0.1, -0.05) is 68.5 Å². The third-order valence-electron chi connectivity index (χ3n) is 8.28. The summed E-state index contributed by atoms with van der Waals surface area (Å²) in [6.45, 7) is 7.14. The summed E-state index contributed by atoms with van der Waals surface area (Å²) in [6.07, 6.45) is 10.6. The first-order chi connectivity index (χ1) is 17.1. The van der Waals surface area contributed by atoms with E-state index in [-0.39, 0.29) is 42.2 Å². The van der Waals surface area contributed by atoms with Gasteiger partial charge in [0.25, 0.3) is 0 Å². The molecule has 0 aromatic heterocycles. The third-order valence-corrected chi connectivity index (χ3v) is 8.28. The maximum absolute atomic E-state index is 14.1. The van der Waals surface area contributed by atoms with E-state index in [1.165, 1.54) is 6.92 Å². The Morgan fingerprint density at radius 2 is 1.92 bits per heavy atom. The van der Waals surface area contributed by atoms with Crippen molar-refractivity contribution in [3.8, 4) is 0 Å². The number of rotatable bonds is 4. The van der Waals surface area contributed by atoms with E-state index >= 15 is 0 Å². The first kappa shape index (κ1) is 26.4. The van der Waals surface area contributed by atoms with Gasteiger partial charge in [-0.3, -0.25) is 9.59 Å². The Balaban J connectivity index is 1.92. The number of nitrogens with one attached hydrogen (secondary N) is 1. The highest BCUT2D eigenvalue weighted by molar-refractivity contribution is 5.89. The fourth-order valence-electron chi connectivity index (χ4n) is 6.80. The molecule has 194 valence electrons. The van der Waals surface area contributed by atoms with Gasteiger partial charge in [0.2, 0.25) is 5.91 Å². The molecule has 1 fully saturated rings. The molecule has 6 nitrogen and oxygen atoms in total. The van der Waals surface area contributed by atoms with Gasteiger partial charge in [0, 0.05) is 24.8 Å². The molecule has 1 aromatic carbocycles. The normalized spacial score (nSPS) is 40.1. The summed E-state index contributed by atoms with van der Waals surface area (Å²) in [5.41, 5.74) is -0.227. The highest BCUT2D eigenvalue weighted by Gasteiger charge is 2.66. The monoisotopic (exact) mass is 493 g/mol. The molecule has 1 amide bonds. The number of amides is 1. The Morgan fingerprint density at radius 1 is 1.19 bits per heavy atom. The number of hydrogen-bond donors (Lipinski definition) is 3. The van der Waals surface area contributed by atoms with Crippen LogP contribution in [0.3, 0.4) is 0 Å². The molecule has 0 unspecified atom stereocenters. The number of aliphatic hydroxyl groups excluding tert-OH is 1. The summed E-state index contributed by atoms with van der Waals surface area (Å²) in [5, 5.41) is 24.6. The minimum absolute atomic E-state index is 0.0937. The standard InChI is InChI=1S/C30H39NO5/c1-19-9-8-12-24-16-23(18-32)20(2)27-25(15-22-10-6-5-7-11-22)31-28(34)30(24,27)26(36-21(3)33)13-14-29(4,35)17-19/h5-8,10-14,16,19-20,24-27,32,35H,9,15,17-18H2,1-4H3,(H,31,34)/b12-8-,14-13-/t19-,20+,24-,25-,26+,27-,29-,30+/m0/s1. The number of aliphatic hydroxyl groups is 2. The van der Waals surface area contributed by atoms with Crippen LogP contribution in [0.4, 0.5) is 0 Å². The molecule has 1 aromatic rings. The molecule has 0 bridgehead atoms. The lowest BCUT2D eigenvalue weighted by atomic mass is 9.54. The highest BCUT2D eigenvalue weighted by atomic mass is 16.5. The van der Waals surface area contributed by atoms with Gasteiger partial charge in [-0.15, -0.1) is 0 Å². The molecule has 1 saturated heterocycles. The van der Waals surface area contributed by atoms with E-state index in [0.29, 0.717) is 12.8 Å². The van der Waals surface area contributed by atoms with E-state index in [1.54, 1.807) is 19.1 Å². The molecule has 36 heavy (non-hydrogen) atoms. The Kier molecular flexibility index (Phi) is 7.58. The Hall–Kier alpha value is -2.70. The predicted molar refractivity (Wildman–Crippen MR) is 139 cm³/mol. The SMILES string of the molecule is CC(=O)O[C@@H]1/C=C\[C@](C)(O)C[C@@H](C)C/C=C\[C@H]2C=C(CO)[C@@H](C)[C@H]3[C@H](Cc4ccccc4)NC(=O)[C@]321. The van der Waals surface area contributed by atoms with Gasteiger partial charge < -0.3 is 20.3 Å². The minimum Gasteiger partial charge on any atom is -0.457 e. The van der Waals surface area contributed by atoms with Gasteiger partial charge >= 0.3 is 5.97 Å². The Labute approximate surface area is 214 Å². The van der Waals surface area contributed by atoms with Crippen molar-refractivity contribution in [2.24, 2.45) is 29.1 Å². The van der Waals surface area contributed by atoms with Crippen molar-refractivity contribution >= 4 is 11.9 Å². The Bertz CT molecular complexity index is 1060. The van der Waals surface area contributed by atoms with Crippen LogP contribution in [0.15, 0.2) is 66.3 Å². The molecule has 2 aliphatic carbocycles. The molecule has 3 aliphatic rings. The molecule has 0 saturated carbocycles. The lowest BCUT2D eigenvalue weighted by molar-refractivity contribution is -0.159. The summed E-state index contributed by atoms with van der Waals surface area (Å²) in [5.74, 6) is -1.18. The van der Waals surface area contributed by atoms with Crippen LogP contribution in [-0.4, -0.2) is 46.4 Å². The number of ether oxygens (including phenoxy) is 1. The van der Waals surface area contributed by atoms with Crippen molar-refractivity contribution < 1.29 is 24.5 Å². The number of carbonyl (C=O) groups excluding carboxylic acids is 2. The van der Waals surface area contributed by atoms with E-state index in [1.807, 2.05) is 49.4 Å². The van der Waals surface area contributed by atoms with Crippen molar-refractivity contribution in [1.82, 2.24) is 5.32 Å². The van der Waals surface area contributed by atoms with Crippen LogP contribution in [0, 0.1) is 29.1 Å². The van der Waals surface area contributed by atoms with Crippen LogP contribution < -0.4 is 5.32 Å². The van der Waals surface area contributed by atoms with Crippen LogP contribution >= 0.6 is 0 Å². The highest BCUT2D eigenvalue weighted by Crippen LogP contribution is 2.56. The molecular formula is C30H39NO5. The zero-order chi connectivity index (χ0) is 26.1. The fraction of sp³-hybridized carbons (Fsp3) is 0.533. The molecular weight excluding hydrogens is 454 g/mol. The smallest absolute Gasteiger partial charge is 0.303 e. The van der Waals surface area contributed by atoms with Crippen LogP contribution in [0.25, 0.3) is 0 Å². The van der Waals surface area contributed by atoms with Gasteiger partial charge in [0.05, 0.1) is 12.2 Å². The number of benzene rings is 1. The Morgan fingerprint density at radius 3 is 2.58 bits per heavy atom. The fourth-order valence-corrected chi connectivity index (χ4v) is 6.80. The van der Waals surface area contributed by atoms with E-state index in [2.05, 4.69) is 18.3 Å². The number of hydrogen-bond acceptors (Lipinski definition) is 5. The molecule has 6 heteroatoms. The lowest BCUT2D eigenvalue weighted by Gasteiger charge is -2.48. The van der Waals surface area contributed by atoms with Gasteiger partial charge in [-0.25, -0.2) is 0 Å². The number of esters is 1. The average molecular weight is 494 g/mol. The lowest BCUT2D eigenvalue weighted by Crippen LogP contribution is -2.55. The van der Waals surface area contributed by atoms with Crippen molar-refractivity contribution in [3.05, 3.63) is 71.8 Å². The molecule has 8 atom stereocenters. The van der Waals surface area contributed by atoms with E-state index in [9.17, 15) is 19.8 Å². The van der Waals surface area contributed by atoms with Gasteiger partial charge in [-0.05, 0) is 55.2 Å². The van der Waals surface area contributed by atoms with Crippen LogP contribution in [0.2, 0.25) is 0 Å². The molecule has 0 radical (unpaired) electrons. The maximum Gasteiger partial charge on any atom is 0.303 e. The average Bonchev–Trinajstić information content (AvgIpc) is 3.10. The van der Waals surface area contributed by atoms with Crippen molar-refractivity contribution in [1.29, 1.82) is 0 Å². The minimum atomic E-state index is -1.11. The van der Waals surface area contributed by atoms with E-state index in [4.69, 9.17) is 4.74 Å². The second-order valence-corrected chi connectivity index (χ2v) is 11.2. The zero-order valence-electron chi connectivity index (χ0n) is 21.7. The van der Waals surface area contributed by atoms with Crippen molar-refractivity contribution in [2.45, 2.75) is 64.7 Å².